The molecule has 0 bridgehead atoms. The first-order valence-corrected chi connectivity index (χ1v) is 5.21. The van der Waals surface area contributed by atoms with Crippen molar-refractivity contribution in [2.24, 2.45) is 5.73 Å². The van der Waals surface area contributed by atoms with E-state index < -0.39 is 0 Å². The lowest BCUT2D eigenvalue weighted by Crippen LogP contribution is -2.35. The van der Waals surface area contributed by atoms with E-state index in [0.29, 0.717) is 25.5 Å². The molecular weight excluding hydrogens is 208 g/mol. The third-order valence-corrected chi connectivity index (χ3v) is 2.59. The van der Waals surface area contributed by atoms with Crippen LogP contribution in [0.1, 0.15) is 22.2 Å². The highest BCUT2D eigenvalue weighted by Crippen LogP contribution is 2.20. The molecule has 0 spiro atoms. The summed E-state index contributed by atoms with van der Waals surface area (Å²) in [5.41, 5.74) is 6.85. The molecule has 1 amide bonds. The van der Waals surface area contributed by atoms with E-state index in [2.05, 4.69) is 5.10 Å². The van der Waals surface area contributed by atoms with Crippen LogP contribution in [0.5, 0.6) is 0 Å². The molecule has 16 heavy (non-hydrogen) atoms. The summed E-state index contributed by atoms with van der Waals surface area (Å²) in [6, 6.07) is 1.92. The molecule has 2 rings (SSSR count). The van der Waals surface area contributed by atoms with Gasteiger partial charge in [0.15, 0.2) is 0 Å². The van der Waals surface area contributed by atoms with Gasteiger partial charge in [-0.15, -0.1) is 0 Å². The van der Waals surface area contributed by atoms with Crippen molar-refractivity contribution in [2.45, 2.75) is 12.6 Å². The van der Waals surface area contributed by atoms with E-state index in [-0.39, 0.29) is 11.9 Å². The van der Waals surface area contributed by atoms with Crippen molar-refractivity contribution < 1.29 is 9.53 Å². The fourth-order valence-corrected chi connectivity index (χ4v) is 1.58. The number of hydrogen-bond acceptors (Lipinski definition) is 4. The third kappa shape index (κ3) is 1.81. The lowest BCUT2D eigenvalue weighted by molar-refractivity contribution is -0.0298. The predicted octanol–water partition coefficient (Wildman–Crippen LogP) is -0.385. The number of amides is 1. The molecule has 6 nitrogen and oxygen atoms in total. The van der Waals surface area contributed by atoms with Gasteiger partial charge < -0.3 is 15.4 Å². The molecule has 0 atom stereocenters. The van der Waals surface area contributed by atoms with E-state index in [9.17, 15) is 4.79 Å². The standard InChI is InChI=1S/C10H16N4O2/c1-13(2)10(15)9-3-7(4-11)12-14(9)8-5-16-6-8/h3,8H,4-6,11H2,1-2H3. The van der Waals surface area contributed by atoms with E-state index in [4.69, 9.17) is 10.5 Å². The van der Waals surface area contributed by atoms with Gasteiger partial charge in [-0.25, -0.2) is 0 Å². The summed E-state index contributed by atoms with van der Waals surface area (Å²) >= 11 is 0. The second-order valence-corrected chi connectivity index (χ2v) is 4.06. The Morgan fingerprint density at radius 2 is 2.38 bits per heavy atom. The van der Waals surface area contributed by atoms with Crippen molar-refractivity contribution in [2.75, 3.05) is 27.3 Å². The number of carbonyl (C=O) groups excluding carboxylic acids is 1. The number of nitrogens with two attached hydrogens (primary N) is 1. The maximum atomic E-state index is 11.9. The molecule has 0 radical (unpaired) electrons. The van der Waals surface area contributed by atoms with Gasteiger partial charge in [0.25, 0.3) is 5.91 Å². The molecule has 0 unspecified atom stereocenters. The molecule has 6 heteroatoms. The molecule has 1 saturated heterocycles. The minimum absolute atomic E-state index is 0.0564. The Labute approximate surface area is 94.0 Å². The summed E-state index contributed by atoms with van der Waals surface area (Å²) in [5.74, 6) is -0.0564. The van der Waals surface area contributed by atoms with Crippen LogP contribution in [0.4, 0.5) is 0 Å². The Balaban J connectivity index is 2.33. The summed E-state index contributed by atoms with van der Waals surface area (Å²) in [6.07, 6.45) is 0. The van der Waals surface area contributed by atoms with Crippen molar-refractivity contribution in [3.8, 4) is 0 Å². The molecule has 2 N–H and O–H groups in total. The summed E-state index contributed by atoms with van der Waals surface area (Å²) in [4.78, 5) is 13.5. The zero-order valence-corrected chi connectivity index (χ0v) is 9.51. The Morgan fingerprint density at radius 1 is 1.69 bits per heavy atom. The van der Waals surface area contributed by atoms with E-state index in [1.165, 1.54) is 4.90 Å². The molecule has 1 fully saturated rings. The molecule has 0 saturated carbocycles. The van der Waals surface area contributed by atoms with Crippen molar-refractivity contribution in [3.63, 3.8) is 0 Å². The number of nitrogens with zero attached hydrogens (tertiary/aromatic N) is 3. The van der Waals surface area contributed by atoms with Crippen LogP contribution < -0.4 is 5.73 Å². The normalized spacial score (nSPS) is 15.9. The molecular formula is C10H16N4O2. The molecule has 1 aromatic heterocycles. The number of rotatable bonds is 3. The van der Waals surface area contributed by atoms with Crippen molar-refractivity contribution in [1.29, 1.82) is 0 Å². The van der Waals surface area contributed by atoms with E-state index in [1.54, 1.807) is 24.8 Å². The van der Waals surface area contributed by atoms with Gasteiger partial charge in [0.2, 0.25) is 0 Å². The van der Waals surface area contributed by atoms with Crippen LogP contribution in [0.2, 0.25) is 0 Å². The van der Waals surface area contributed by atoms with Crippen molar-refractivity contribution >= 4 is 5.91 Å². The van der Waals surface area contributed by atoms with Gasteiger partial charge in [-0.3, -0.25) is 9.48 Å². The molecule has 88 valence electrons. The lowest BCUT2D eigenvalue weighted by Gasteiger charge is -2.28. The highest BCUT2D eigenvalue weighted by atomic mass is 16.5. The average molecular weight is 224 g/mol. The topological polar surface area (TPSA) is 73.4 Å². The Bertz CT molecular complexity index is 396. The van der Waals surface area contributed by atoms with Gasteiger partial charge in [0, 0.05) is 20.6 Å². The van der Waals surface area contributed by atoms with Gasteiger partial charge in [-0.05, 0) is 6.07 Å². The second kappa shape index (κ2) is 4.23. The van der Waals surface area contributed by atoms with Crippen LogP contribution in [0, 0.1) is 0 Å². The van der Waals surface area contributed by atoms with Crippen molar-refractivity contribution in [3.05, 3.63) is 17.5 Å². The summed E-state index contributed by atoms with van der Waals surface area (Å²) in [6.45, 7) is 1.56. The molecule has 1 aliphatic rings. The van der Waals surface area contributed by atoms with E-state index >= 15 is 0 Å². The fraction of sp³-hybridized carbons (Fsp3) is 0.600. The van der Waals surface area contributed by atoms with Crippen LogP contribution in [0.15, 0.2) is 6.07 Å². The molecule has 1 aromatic rings. The monoisotopic (exact) mass is 224 g/mol. The van der Waals surface area contributed by atoms with Crippen LogP contribution in [-0.2, 0) is 11.3 Å². The van der Waals surface area contributed by atoms with Crippen LogP contribution in [0.3, 0.4) is 0 Å². The van der Waals surface area contributed by atoms with Crippen LogP contribution >= 0.6 is 0 Å². The Hall–Kier alpha value is -1.40. The Morgan fingerprint density at radius 3 is 2.81 bits per heavy atom. The summed E-state index contributed by atoms with van der Waals surface area (Å²) in [7, 11) is 3.44. The van der Waals surface area contributed by atoms with Crippen LogP contribution in [-0.4, -0.2) is 47.9 Å². The second-order valence-electron chi connectivity index (χ2n) is 4.06. The molecule has 0 aromatic carbocycles. The largest absolute Gasteiger partial charge is 0.377 e. The average Bonchev–Trinajstić information content (AvgIpc) is 2.58. The number of hydrogen-bond donors (Lipinski definition) is 1. The van der Waals surface area contributed by atoms with Gasteiger partial charge in [-0.1, -0.05) is 0 Å². The van der Waals surface area contributed by atoms with Crippen molar-refractivity contribution in [1.82, 2.24) is 14.7 Å². The summed E-state index contributed by atoms with van der Waals surface area (Å²) in [5, 5.41) is 4.32. The highest BCUT2D eigenvalue weighted by molar-refractivity contribution is 5.92. The molecule has 0 aliphatic carbocycles. The van der Waals surface area contributed by atoms with Crippen LogP contribution in [0.25, 0.3) is 0 Å². The maximum absolute atomic E-state index is 11.9. The smallest absolute Gasteiger partial charge is 0.271 e. The fourth-order valence-electron chi connectivity index (χ4n) is 1.58. The predicted molar refractivity (Wildman–Crippen MR) is 58.0 cm³/mol. The minimum atomic E-state index is -0.0564. The zero-order chi connectivity index (χ0) is 11.7. The number of aromatic nitrogens is 2. The number of ether oxygens (including phenoxy) is 1. The van der Waals surface area contributed by atoms with Gasteiger partial charge in [0.1, 0.15) is 5.69 Å². The third-order valence-electron chi connectivity index (χ3n) is 2.59. The Kier molecular flexibility index (Phi) is 2.93. The first kappa shape index (κ1) is 11.1. The quantitative estimate of drug-likeness (QED) is 0.759. The first-order chi connectivity index (χ1) is 7.63. The lowest BCUT2D eigenvalue weighted by atomic mass is 10.2. The molecule has 2 heterocycles. The van der Waals surface area contributed by atoms with Gasteiger partial charge in [0.05, 0.1) is 24.9 Å². The first-order valence-electron chi connectivity index (χ1n) is 5.21. The van der Waals surface area contributed by atoms with E-state index in [0.717, 1.165) is 5.69 Å². The number of carbonyl (C=O) groups is 1. The molecule has 1 aliphatic heterocycles. The SMILES string of the molecule is CN(C)C(=O)c1cc(CN)nn1C1COC1. The maximum Gasteiger partial charge on any atom is 0.271 e. The van der Waals surface area contributed by atoms with E-state index in [1.807, 2.05) is 0 Å². The minimum Gasteiger partial charge on any atom is -0.377 e. The van der Waals surface area contributed by atoms with Gasteiger partial charge in [-0.2, -0.15) is 5.10 Å². The van der Waals surface area contributed by atoms with Gasteiger partial charge >= 0.3 is 0 Å². The highest BCUT2D eigenvalue weighted by Gasteiger charge is 2.27. The summed E-state index contributed by atoms with van der Waals surface area (Å²) < 4.78 is 6.84. The zero-order valence-electron chi connectivity index (χ0n) is 9.51.